The molecule has 0 bridgehead atoms. The van der Waals surface area contributed by atoms with Crippen LogP contribution in [0, 0.1) is 0 Å². The second kappa shape index (κ2) is 6.33. The van der Waals surface area contributed by atoms with Crippen molar-refractivity contribution in [3.8, 4) is 5.75 Å². The van der Waals surface area contributed by atoms with Gasteiger partial charge in [0.05, 0.1) is 5.92 Å². The first-order valence-corrected chi connectivity index (χ1v) is 7.02. The van der Waals surface area contributed by atoms with E-state index in [1.807, 2.05) is 6.92 Å². The molecule has 0 saturated heterocycles. The summed E-state index contributed by atoms with van der Waals surface area (Å²) >= 11 is 1.32. The zero-order valence-corrected chi connectivity index (χ0v) is 11.9. The third-order valence-corrected chi connectivity index (χ3v) is 3.72. The number of carbonyl (C=O) groups is 1. The number of aromatic hydroxyl groups is 1. The van der Waals surface area contributed by atoms with Gasteiger partial charge in [0.2, 0.25) is 11.0 Å². The van der Waals surface area contributed by atoms with Crippen molar-refractivity contribution in [2.24, 2.45) is 0 Å². The van der Waals surface area contributed by atoms with Crippen LogP contribution in [-0.4, -0.2) is 27.8 Å². The van der Waals surface area contributed by atoms with Gasteiger partial charge in [0, 0.05) is 13.0 Å². The highest BCUT2D eigenvalue weighted by Gasteiger charge is 2.14. The van der Waals surface area contributed by atoms with Crippen LogP contribution in [-0.2, 0) is 11.2 Å². The summed E-state index contributed by atoms with van der Waals surface area (Å²) in [5, 5.41) is 20.9. The van der Waals surface area contributed by atoms with Crippen molar-refractivity contribution < 1.29 is 9.90 Å². The van der Waals surface area contributed by atoms with Gasteiger partial charge in [0.25, 0.3) is 0 Å². The Morgan fingerprint density at radius 2 is 2.10 bits per heavy atom. The Morgan fingerprint density at radius 1 is 1.40 bits per heavy atom. The zero-order valence-electron chi connectivity index (χ0n) is 11.0. The van der Waals surface area contributed by atoms with E-state index in [9.17, 15) is 9.90 Å². The van der Waals surface area contributed by atoms with Gasteiger partial charge < -0.3 is 16.2 Å². The topological polar surface area (TPSA) is 101 Å². The lowest BCUT2D eigenvalue weighted by Gasteiger charge is -2.12. The number of phenolic OH excluding ortho intramolecular Hbond substituents is 1. The van der Waals surface area contributed by atoms with Crippen LogP contribution in [0.4, 0.5) is 5.13 Å². The summed E-state index contributed by atoms with van der Waals surface area (Å²) in [7, 11) is 0. The van der Waals surface area contributed by atoms with Gasteiger partial charge in [0.15, 0.2) is 0 Å². The fourth-order valence-corrected chi connectivity index (χ4v) is 2.34. The largest absolute Gasteiger partial charge is 0.508 e. The standard InChI is InChI=1S/C13H16N4O2S/c1-8(9-2-4-10(18)5-3-9)12(19)15-7-6-11-16-17-13(14)20-11/h2-5,8,18H,6-7H2,1H3,(H2,14,17)(H,15,19)/t8-/m0/s1. The number of amides is 1. The monoisotopic (exact) mass is 292 g/mol. The summed E-state index contributed by atoms with van der Waals surface area (Å²) in [6.07, 6.45) is 0.614. The number of nitrogens with two attached hydrogens (primary N) is 1. The first kappa shape index (κ1) is 14.3. The minimum atomic E-state index is -0.268. The average Bonchev–Trinajstić information content (AvgIpc) is 2.84. The van der Waals surface area contributed by atoms with Crippen molar-refractivity contribution in [1.29, 1.82) is 0 Å². The third kappa shape index (κ3) is 3.67. The molecule has 1 aromatic heterocycles. The van der Waals surface area contributed by atoms with Crippen LogP contribution in [0.1, 0.15) is 23.4 Å². The van der Waals surface area contributed by atoms with Gasteiger partial charge in [-0.15, -0.1) is 10.2 Å². The van der Waals surface area contributed by atoms with Crippen molar-refractivity contribution in [3.63, 3.8) is 0 Å². The van der Waals surface area contributed by atoms with Crippen LogP contribution < -0.4 is 11.1 Å². The van der Waals surface area contributed by atoms with Gasteiger partial charge in [-0.25, -0.2) is 0 Å². The molecule has 1 amide bonds. The number of benzene rings is 1. The zero-order chi connectivity index (χ0) is 14.5. The van der Waals surface area contributed by atoms with Crippen molar-refractivity contribution in [3.05, 3.63) is 34.8 Å². The number of hydrogen-bond acceptors (Lipinski definition) is 6. The van der Waals surface area contributed by atoms with Gasteiger partial charge >= 0.3 is 0 Å². The maximum Gasteiger partial charge on any atom is 0.227 e. The van der Waals surface area contributed by atoms with Crippen molar-refractivity contribution in [2.45, 2.75) is 19.3 Å². The molecule has 106 valence electrons. The lowest BCUT2D eigenvalue weighted by molar-refractivity contribution is -0.122. The first-order valence-electron chi connectivity index (χ1n) is 6.21. The van der Waals surface area contributed by atoms with Crippen LogP contribution >= 0.6 is 11.3 Å². The van der Waals surface area contributed by atoms with E-state index in [0.717, 1.165) is 10.6 Å². The van der Waals surface area contributed by atoms with Gasteiger partial charge in [-0.1, -0.05) is 23.5 Å². The second-order valence-electron chi connectivity index (χ2n) is 4.39. The molecule has 0 radical (unpaired) electrons. The Balaban J connectivity index is 1.83. The maximum atomic E-state index is 12.0. The van der Waals surface area contributed by atoms with Gasteiger partial charge in [0.1, 0.15) is 10.8 Å². The SMILES string of the molecule is C[C@H](C(=O)NCCc1nnc(N)s1)c1ccc(O)cc1. The highest BCUT2D eigenvalue weighted by atomic mass is 32.1. The van der Waals surface area contributed by atoms with Gasteiger partial charge in [-0.3, -0.25) is 4.79 Å². The lowest BCUT2D eigenvalue weighted by Crippen LogP contribution is -2.29. The van der Waals surface area contributed by atoms with E-state index in [1.165, 1.54) is 11.3 Å². The summed E-state index contributed by atoms with van der Waals surface area (Å²) in [5.74, 6) is -0.140. The van der Waals surface area contributed by atoms with E-state index in [0.29, 0.717) is 18.1 Å². The van der Waals surface area contributed by atoms with Crippen LogP contribution in [0.5, 0.6) is 5.75 Å². The quantitative estimate of drug-likeness (QED) is 0.771. The summed E-state index contributed by atoms with van der Waals surface area (Å²) in [5.41, 5.74) is 6.35. The predicted molar refractivity (Wildman–Crippen MR) is 77.6 cm³/mol. The first-order chi connectivity index (χ1) is 9.56. The maximum absolute atomic E-state index is 12.0. The smallest absolute Gasteiger partial charge is 0.227 e. The highest BCUT2D eigenvalue weighted by Crippen LogP contribution is 2.18. The molecule has 20 heavy (non-hydrogen) atoms. The molecule has 0 spiro atoms. The van der Waals surface area contributed by atoms with Gasteiger partial charge in [-0.2, -0.15) is 0 Å². The van der Waals surface area contributed by atoms with E-state index in [1.54, 1.807) is 24.3 Å². The molecule has 0 aliphatic carbocycles. The van der Waals surface area contributed by atoms with E-state index < -0.39 is 0 Å². The highest BCUT2D eigenvalue weighted by molar-refractivity contribution is 7.15. The number of nitrogens with one attached hydrogen (secondary N) is 1. The Morgan fingerprint density at radius 3 is 2.70 bits per heavy atom. The summed E-state index contributed by atoms with van der Waals surface area (Å²) in [6.45, 7) is 2.32. The number of carbonyl (C=O) groups excluding carboxylic acids is 1. The van der Waals surface area contributed by atoms with E-state index >= 15 is 0 Å². The number of anilines is 1. The number of nitrogen functional groups attached to an aromatic ring is 1. The number of hydrogen-bond donors (Lipinski definition) is 3. The van der Waals surface area contributed by atoms with E-state index in [2.05, 4.69) is 15.5 Å². The molecule has 1 atom stereocenters. The third-order valence-electron chi connectivity index (χ3n) is 2.91. The molecule has 0 unspecified atom stereocenters. The van der Waals surface area contributed by atoms with Crippen molar-refractivity contribution in [1.82, 2.24) is 15.5 Å². The Bertz CT molecular complexity index is 582. The fraction of sp³-hybridized carbons (Fsp3) is 0.308. The van der Waals surface area contributed by atoms with Crippen LogP contribution in [0.25, 0.3) is 0 Å². The number of nitrogens with zero attached hydrogens (tertiary/aromatic N) is 2. The molecule has 0 fully saturated rings. The number of aromatic nitrogens is 2. The molecule has 2 rings (SSSR count). The molecule has 0 aliphatic heterocycles. The molecular formula is C13H16N4O2S. The Labute approximate surface area is 120 Å². The lowest BCUT2D eigenvalue weighted by atomic mass is 10.0. The molecular weight excluding hydrogens is 276 g/mol. The van der Waals surface area contributed by atoms with E-state index in [4.69, 9.17) is 5.73 Å². The Hall–Kier alpha value is -2.15. The summed E-state index contributed by atoms with van der Waals surface area (Å²) in [4.78, 5) is 12.0. The number of phenols is 1. The van der Waals surface area contributed by atoms with Crippen LogP contribution in [0.15, 0.2) is 24.3 Å². The molecule has 1 aromatic carbocycles. The molecule has 0 saturated carbocycles. The summed E-state index contributed by atoms with van der Waals surface area (Å²) in [6, 6.07) is 6.63. The van der Waals surface area contributed by atoms with Crippen molar-refractivity contribution in [2.75, 3.05) is 12.3 Å². The normalized spacial score (nSPS) is 12.1. The van der Waals surface area contributed by atoms with Gasteiger partial charge in [-0.05, 0) is 24.6 Å². The second-order valence-corrected chi connectivity index (χ2v) is 5.48. The molecule has 6 nitrogen and oxygen atoms in total. The molecule has 1 heterocycles. The molecule has 4 N–H and O–H groups in total. The molecule has 2 aromatic rings. The predicted octanol–water partition coefficient (Wildman–Crippen LogP) is 1.29. The fourth-order valence-electron chi connectivity index (χ4n) is 1.73. The summed E-state index contributed by atoms with van der Waals surface area (Å²) < 4.78 is 0. The minimum Gasteiger partial charge on any atom is -0.508 e. The van der Waals surface area contributed by atoms with Crippen LogP contribution in [0.2, 0.25) is 0 Å². The Kier molecular flexibility index (Phi) is 4.52. The number of rotatable bonds is 5. The van der Waals surface area contributed by atoms with Crippen molar-refractivity contribution >= 4 is 22.4 Å². The molecule has 7 heteroatoms. The average molecular weight is 292 g/mol. The van der Waals surface area contributed by atoms with E-state index in [-0.39, 0.29) is 17.6 Å². The molecule has 0 aliphatic rings. The van der Waals surface area contributed by atoms with Crippen LogP contribution in [0.3, 0.4) is 0 Å². The minimum absolute atomic E-state index is 0.0619.